The molecule has 0 unspecified atom stereocenters. The Balaban J connectivity index is 1.74. The van der Waals surface area contributed by atoms with Crippen LogP contribution in [0, 0.1) is 0 Å². The molecule has 0 aromatic carbocycles. The largest absolute Gasteiger partial charge is 0.365 e. The quantitative estimate of drug-likeness (QED) is 0.510. The predicted molar refractivity (Wildman–Crippen MR) is 43.3 cm³/mol. The maximum absolute atomic E-state index is 5.66. The summed E-state index contributed by atoms with van der Waals surface area (Å²) < 4.78 is 22.2. The van der Waals surface area contributed by atoms with Crippen molar-refractivity contribution in [2.45, 2.75) is 37.4 Å². The molecule has 0 bridgehead atoms. The van der Waals surface area contributed by atoms with E-state index in [1.807, 2.05) is 13.8 Å². The molecule has 74 valence electrons. The molecule has 0 aromatic heterocycles. The SMILES string of the molecule is CC1(C)OCC2(CO1)OC[C@H]1O[C@H]12. The summed E-state index contributed by atoms with van der Waals surface area (Å²) in [5, 5.41) is 0. The minimum absolute atomic E-state index is 0.212. The van der Waals surface area contributed by atoms with Crippen molar-refractivity contribution in [1.82, 2.24) is 0 Å². The smallest absolute Gasteiger partial charge is 0.163 e. The fourth-order valence-electron chi connectivity index (χ4n) is 1.99. The van der Waals surface area contributed by atoms with Crippen LogP contribution in [0.5, 0.6) is 0 Å². The van der Waals surface area contributed by atoms with Gasteiger partial charge in [-0.15, -0.1) is 0 Å². The molecule has 4 nitrogen and oxygen atoms in total. The van der Waals surface area contributed by atoms with E-state index in [0.717, 1.165) is 0 Å². The minimum Gasteiger partial charge on any atom is -0.365 e. The van der Waals surface area contributed by atoms with Crippen LogP contribution in [0.3, 0.4) is 0 Å². The van der Waals surface area contributed by atoms with Gasteiger partial charge in [-0.3, -0.25) is 0 Å². The van der Waals surface area contributed by atoms with E-state index in [2.05, 4.69) is 0 Å². The molecule has 0 aliphatic carbocycles. The summed E-state index contributed by atoms with van der Waals surface area (Å²) >= 11 is 0. The average Bonchev–Trinajstić information content (AvgIpc) is 2.79. The Morgan fingerprint density at radius 2 is 1.77 bits per heavy atom. The first-order chi connectivity index (χ1) is 6.11. The number of rotatable bonds is 0. The third kappa shape index (κ3) is 1.13. The number of hydrogen-bond acceptors (Lipinski definition) is 4. The fourth-order valence-corrected chi connectivity index (χ4v) is 1.99. The van der Waals surface area contributed by atoms with Crippen LogP contribution in [0.25, 0.3) is 0 Å². The van der Waals surface area contributed by atoms with E-state index < -0.39 is 5.79 Å². The molecule has 13 heavy (non-hydrogen) atoms. The van der Waals surface area contributed by atoms with E-state index in [1.165, 1.54) is 0 Å². The Bertz CT molecular complexity index is 228. The van der Waals surface area contributed by atoms with Crippen LogP contribution in [0.4, 0.5) is 0 Å². The molecule has 0 amide bonds. The van der Waals surface area contributed by atoms with Crippen molar-refractivity contribution in [2.24, 2.45) is 0 Å². The van der Waals surface area contributed by atoms with E-state index in [9.17, 15) is 0 Å². The van der Waals surface area contributed by atoms with Crippen LogP contribution in [0.2, 0.25) is 0 Å². The van der Waals surface area contributed by atoms with Crippen molar-refractivity contribution in [3.63, 3.8) is 0 Å². The first-order valence-corrected chi connectivity index (χ1v) is 4.69. The van der Waals surface area contributed by atoms with Crippen molar-refractivity contribution in [2.75, 3.05) is 19.8 Å². The second-order valence-electron chi connectivity index (χ2n) is 4.45. The Morgan fingerprint density at radius 3 is 2.23 bits per heavy atom. The second kappa shape index (κ2) is 2.25. The van der Waals surface area contributed by atoms with Crippen molar-refractivity contribution in [3.05, 3.63) is 0 Å². The monoisotopic (exact) mass is 186 g/mol. The average molecular weight is 186 g/mol. The molecule has 3 rings (SSSR count). The van der Waals surface area contributed by atoms with Gasteiger partial charge in [0.25, 0.3) is 0 Å². The van der Waals surface area contributed by atoms with Crippen molar-refractivity contribution >= 4 is 0 Å². The lowest BCUT2D eigenvalue weighted by molar-refractivity contribution is -0.310. The van der Waals surface area contributed by atoms with Crippen molar-refractivity contribution in [3.8, 4) is 0 Å². The van der Waals surface area contributed by atoms with Gasteiger partial charge in [0.2, 0.25) is 0 Å². The van der Waals surface area contributed by atoms with E-state index in [1.54, 1.807) is 0 Å². The number of epoxide rings is 1. The summed E-state index contributed by atoms with van der Waals surface area (Å²) in [5.74, 6) is -0.471. The zero-order valence-corrected chi connectivity index (χ0v) is 7.91. The molecular formula is C9H14O4. The lowest BCUT2D eigenvalue weighted by atomic mass is 10.0. The van der Waals surface area contributed by atoms with E-state index in [4.69, 9.17) is 18.9 Å². The highest BCUT2D eigenvalue weighted by atomic mass is 16.7. The summed E-state index contributed by atoms with van der Waals surface area (Å²) in [6, 6.07) is 0. The maximum Gasteiger partial charge on any atom is 0.163 e. The van der Waals surface area contributed by atoms with Crippen LogP contribution in [-0.4, -0.2) is 43.4 Å². The Morgan fingerprint density at radius 1 is 1.08 bits per heavy atom. The normalized spacial score (nSPS) is 44.8. The van der Waals surface area contributed by atoms with Crippen LogP contribution < -0.4 is 0 Å². The molecule has 2 atom stereocenters. The third-order valence-electron chi connectivity index (χ3n) is 2.96. The molecule has 3 aliphatic heterocycles. The van der Waals surface area contributed by atoms with Gasteiger partial charge in [0.15, 0.2) is 5.79 Å². The van der Waals surface area contributed by atoms with Gasteiger partial charge >= 0.3 is 0 Å². The molecule has 4 heteroatoms. The minimum atomic E-state index is -0.471. The van der Waals surface area contributed by atoms with Gasteiger partial charge < -0.3 is 18.9 Å². The number of ether oxygens (including phenoxy) is 4. The maximum atomic E-state index is 5.66. The van der Waals surface area contributed by atoms with Crippen molar-refractivity contribution in [1.29, 1.82) is 0 Å². The molecule has 3 aliphatic rings. The lowest BCUT2D eigenvalue weighted by Gasteiger charge is -2.40. The van der Waals surface area contributed by atoms with Crippen molar-refractivity contribution < 1.29 is 18.9 Å². The van der Waals surface area contributed by atoms with E-state index in [-0.39, 0.29) is 11.7 Å². The highest BCUT2D eigenvalue weighted by Crippen LogP contribution is 2.45. The zero-order valence-electron chi connectivity index (χ0n) is 7.91. The summed E-state index contributed by atoms with van der Waals surface area (Å²) in [6.07, 6.45) is 0.511. The molecular weight excluding hydrogens is 172 g/mol. The highest BCUT2D eigenvalue weighted by Gasteiger charge is 2.64. The Kier molecular flexibility index (Phi) is 1.42. The molecule has 1 spiro atoms. The van der Waals surface area contributed by atoms with Gasteiger partial charge in [0, 0.05) is 0 Å². The van der Waals surface area contributed by atoms with Gasteiger partial charge in [-0.2, -0.15) is 0 Å². The molecule has 0 saturated carbocycles. The molecule has 3 saturated heterocycles. The summed E-state index contributed by atoms with van der Waals surface area (Å²) in [5.41, 5.74) is -0.305. The first kappa shape index (κ1) is 8.17. The van der Waals surface area contributed by atoms with Gasteiger partial charge in [0.1, 0.15) is 17.8 Å². The molecule has 3 heterocycles. The van der Waals surface area contributed by atoms with E-state index in [0.29, 0.717) is 25.9 Å². The van der Waals surface area contributed by atoms with Crippen LogP contribution >= 0.6 is 0 Å². The summed E-state index contributed by atoms with van der Waals surface area (Å²) in [4.78, 5) is 0. The predicted octanol–water partition coefficient (Wildman–Crippen LogP) is 0.306. The van der Waals surface area contributed by atoms with Crippen LogP contribution in [0.1, 0.15) is 13.8 Å². The Labute approximate surface area is 77.1 Å². The summed E-state index contributed by atoms with van der Waals surface area (Å²) in [6.45, 7) is 5.69. The van der Waals surface area contributed by atoms with Crippen LogP contribution in [0.15, 0.2) is 0 Å². The third-order valence-corrected chi connectivity index (χ3v) is 2.96. The van der Waals surface area contributed by atoms with Crippen LogP contribution in [-0.2, 0) is 18.9 Å². The topological polar surface area (TPSA) is 40.2 Å². The van der Waals surface area contributed by atoms with Gasteiger partial charge in [-0.25, -0.2) is 0 Å². The molecule has 0 N–H and O–H groups in total. The molecule has 3 fully saturated rings. The highest BCUT2D eigenvalue weighted by molar-refractivity contribution is 5.09. The molecule has 0 aromatic rings. The van der Waals surface area contributed by atoms with E-state index >= 15 is 0 Å². The van der Waals surface area contributed by atoms with Gasteiger partial charge in [-0.05, 0) is 13.8 Å². The molecule has 0 radical (unpaired) electrons. The fraction of sp³-hybridized carbons (Fsp3) is 1.00. The van der Waals surface area contributed by atoms with Gasteiger partial charge in [-0.1, -0.05) is 0 Å². The standard InChI is InChI=1S/C9H14O4/c1-8(2)11-4-9(5-12-8)7-6(13-7)3-10-9/h6-7H,3-5H2,1-2H3/t6-,7-/m1/s1. The zero-order chi connectivity index (χ0) is 9.10. The van der Waals surface area contributed by atoms with Gasteiger partial charge in [0.05, 0.1) is 19.8 Å². The lowest BCUT2D eigenvalue weighted by Crippen LogP contribution is -2.54. The second-order valence-corrected chi connectivity index (χ2v) is 4.45. The number of fused-ring (bicyclic) bond motifs is 2. The number of hydrogen-bond donors (Lipinski definition) is 0. The summed E-state index contributed by atoms with van der Waals surface area (Å²) in [7, 11) is 0. The first-order valence-electron chi connectivity index (χ1n) is 4.69. The Hall–Kier alpha value is -0.160.